The topological polar surface area (TPSA) is 20.2 Å². The molecule has 0 heterocycles. The number of aliphatic hydroxyl groups is 1. The molecular weight excluding hydrogens is 291 g/mol. The van der Waals surface area contributed by atoms with Crippen LogP contribution in [0.2, 0.25) is 0 Å². The predicted octanol–water partition coefficient (Wildman–Crippen LogP) is 2.34. The second-order valence-electron chi connectivity index (χ2n) is 2.49. The van der Waals surface area contributed by atoms with Gasteiger partial charge in [-0.2, -0.15) is 0 Å². The van der Waals surface area contributed by atoms with Crippen molar-refractivity contribution in [3.63, 3.8) is 0 Å². The molecule has 0 saturated carbocycles. The summed E-state index contributed by atoms with van der Waals surface area (Å²) in [6, 6.07) is 0. The van der Waals surface area contributed by atoms with Crippen LogP contribution in [-0.2, 0) is 25.8 Å². The van der Waals surface area contributed by atoms with E-state index in [-0.39, 0.29) is 25.8 Å². The first kappa shape index (κ1) is 13.4. The molecule has 0 unspecified atom stereocenters. The van der Waals surface area contributed by atoms with Crippen LogP contribution in [0, 0.1) is 0 Å². The second-order valence-corrected chi connectivity index (χ2v) is 2.49. The van der Waals surface area contributed by atoms with E-state index in [1.165, 1.54) is 32.1 Å². The van der Waals surface area contributed by atoms with Crippen LogP contribution in [0.3, 0.4) is 0 Å². The van der Waals surface area contributed by atoms with Gasteiger partial charge in [0.15, 0.2) is 0 Å². The Hall–Kier alpha value is 0.830. The van der Waals surface area contributed by atoms with Gasteiger partial charge in [-0.25, -0.2) is 0 Å². The van der Waals surface area contributed by atoms with Crippen LogP contribution in [-0.4, -0.2) is 11.7 Å². The Morgan fingerprint density at radius 1 is 0.900 bits per heavy atom. The molecule has 0 radical (unpaired) electrons. The quantitative estimate of drug-likeness (QED) is 0.590. The van der Waals surface area contributed by atoms with Gasteiger partial charge in [0.25, 0.3) is 0 Å². The van der Waals surface area contributed by atoms with Gasteiger partial charge in [-0.15, -0.1) is 0 Å². The van der Waals surface area contributed by atoms with Crippen LogP contribution in [0.25, 0.3) is 0 Å². The average molecular weight is 309 g/mol. The Kier molecular flexibility index (Phi) is 16.8. The van der Waals surface area contributed by atoms with Gasteiger partial charge in [-0.1, -0.05) is 39.0 Å². The summed E-state index contributed by atoms with van der Waals surface area (Å²) in [5.41, 5.74) is 0. The van der Waals surface area contributed by atoms with E-state index in [1.54, 1.807) is 0 Å². The summed E-state index contributed by atoms with van der Waals surface area (Å²) >= 11 is 0. The van der Waals surface area contributed by atoms with Crippen LogP contribution >= 0.6 is 0 Å². The zero-order valence-corrected chi connectivity index (χ0v) is 10.5. The normalized spacial score (nSPS) is 9.00. The van der Waals surface area contributed by atoms with Gasteiger partial charge >= 0.3 is 0 Å². The number of unbranched alkanes of at least 4 members (excludes halogenated alkanes) is 5. The van der Waals surface area contributed by atoms with Crippen molar-refractivity contribution >= 4 is 0 Å². The SMILES string of the molecule is CCCCCCCCO.[Hf]. The number of hydrogen-bond donors (Lipinski definition) is 1. The van der Waals surface area contributed by atoms with Gasteiger partial charge in [0, 0.05) is 32.5 Å². The van der Waals surface area contributed by atoms with E-state index in [2.05, 4.69) is 6.92 Å². The minimum atomic E-state index is 0. The van der Waals surface area contributed by atoms with Crippen molar-refractivity contribution < 1.29 is 30.9 Å². The maximum atomic E-state index is 8.42. The molecule has 0 aliphatic carbocycles. The third-order valence-corrected chi connectivity index (χ3v) is 1.51. The molecule has 0 aliphatic rings. The summed E-state index contributed by atoms with van der Waals surface area (Å²) in [7, 11) is 0. The maximum absolute atomic E-state index is 8.42. The van der Waals surface area contributed by atoms with E-state index in [9.17, 15) is 0 Å². The molecule has 0 aromatic rings. The van der Waals surface area contributed by atoms with Crippen molar-refractivity contribution in [2.75, 3.05) is 6.61 Å². The largest absolute Gasteiger partial charge is 0.396 e. The third kappa shape index (κ3) is 11.6. The molecule has 0 spiro atoms. The average Bonchev–Trinajstić information content (AvgIpc) is 1.89. The number of hydrogen-bond acceptors (Lipinski definition) is 1. The summed E-state index contributed by atoms with van der Waals surface area (Å²) in [6.07, 6.45) is 7.50. The summed E-state index contributed by atoms with van der Waals surface area (Å²) in [5.74, 6) is 0. The van der Waals surface area contributed by atoms with Gasteiger partial charge in [-0.3, -0.25) is 0 Å². The van der Waals surface area contributed by atoms with Crippen molar-refractivity contribution in [3.8, 4) is 0 Å². The third-order valence-electron chi connectivity index (χ3n) is 1.51. The second kappa shape index (κ2) is 12.5. The van der Waals surface area contributed by atoms with Crippen molar-refractivity contribution in [1.29, 1.82) is 0 Å². The predicted molar refractivity (Wildman–Crippen MR) is 40.5 cm³/mol. The Bertz CT molecular complexity index is 42.5. The molecule has 10 heavy (non-hydrogen) atoms. The Labute approximate surface area is 83.0 Å². The van der Waals surface area contributed by atoms with Crippen LogP contribution in [0.5, 0.6) is 0 Å². The molecule has 0 aromatic carbocycles. The van der Waals surface area contributed by atoms with E-state index in [0.717, 1.165) is 6.42 Å². The minimum absolute atomic E-state index is 0. The van der Waals surface area contributed by atoms with Crippen molar-refractivity contribution in [3.05, 3.63) is 0 Å². The van der Waals surface area contributed by atoms with Crippen LogP contribution < -0.4 is 0 Å². The summed E-state index contributed by atoms with van der Waals surface area (Å²) in [4.78, 5) is 0. The Balaban J connectivity index is 0. The molecule has 60 valence electrons. The summed E-state index contributed by atoms with van der Waals surface area (Å²) < 4.78 is 0. The Morgan fingerprint density at radius 2 is 1.40 bits per heavy atom. The molecule has 0 fully saturated rings. The van der Waals surface area contributed by atoms with Crippen molar-refractivity contribution in [2.45, 2.75) is 45.4 Å². The van der Waals surface area contributed by atoms with E-state index in [4.69, 9.17) is 5.11 Å². The smallest absolute Gasteiger partial charge is 0.0431 e. The van der Waals surface area contributed by atoms with E-state index < -0.39 is 0 Å². The minimum Gasteiger partial charge on any atom is -0.396 e. The maximum Gasteiger partial charge on any atom is 0.0431 e. The zero-order valence-electron chi connectivity index (χ0n) is 6.90. The Morgan fingerprint density at radius 3 is 1.90 bits per heavy atom. The fourth-order valence-electron chi connectivity index (χ4n) is 0.892. The number of rotatable bonds is 6. The zero-order chi connectivity index (χ0) is 6.95. The van der Waals surface area contributed by atoms with Gasteiger partial charge in [0.1, 0.15) is 0 Å². The van der Waals surface area contributed by atoms with E-state index in [1.807, 2.05) is 0 Å². The molecular formula is C8H18HfO. The first-order valence-corrected chi connectivity index (χ1v) is 4.02. The van der Waals surface area contributed by atoms with E-state index in [0.29, 0.717) is 6.61 Å². The molecule has 1 N–H and O–H groups in total. The number of aliphatic hydroxyl groups excluding tert-OH is 1. The molecule has 2 heteroatoms. The molecule has 0 bridgehead atoms. The first-order chi connectivity index (χ1) is 4.41. The fourth-order valence-corrected chi connectivity index (χ4v) is 0.892. The van der Waals surface area contributed by atoms with Crippen LogP contribution in [0.1, 0.15) is 45.4 Å². The first-order valence-electron chi connectivity index (χ1n) is 4.02. The van der Waals surface area contributed by atoms with Gasteiger partial charge < -0.3 is 5.11 Å². The van der Waals surface area contributed by atoms with Crippen molar-refractivity contribution in [1.82, 2.24) is 0 Å². The molecule has 1 nitrogen and oxygen atoms in total. The molecule has 0 amide bonds. The molecule has 0 saturated heterocycles. The van der Waals surface area contributed by atoms with Gasteiger partial charge in [-0.05, 0) is 6.42 Å². The fraction of sp³-hybridized carbons (Fsp3) is 1.00. The monoisotopic (exact) mass is 310 g/mol. The van der Waals surface area contributed by atoms with Crippen LogP contribution in [0.15, 0.2) is 0 Å². The molecule has 0 aromatic heterocycles. The van der Waals surface area contributed by atoms with Crippen molar-refractivity contribution in [2.24, 2.45) is 0 Å². The van der Waals surface area contributed by atoms with Crippen LogP contribution in [0.4, 0.5) is 0 Å². The summed E-state index contributed by atoms with van der Waals surface area (Å²) in [6.45, 7) is 2.58. The summed E-state index contributed by atoms with van der Waals surface area (Å²) in [5, 5.41) is 8.42. The van der Waals surface area contributed by atoms with E-state index >= 15 is 0 Å². The van der Waals surface area contributed by atoms with Gasteiger partial charge in [0.2, 0.25) is 0 Å². The molecule has 0 rings (SSSR count). The molecule has 0 atom stereocenters. The molecule has 0 aliphatic heterocycles. The van der Waals surface area contributed by atoms with Gasteiger partial charge in [0.05, 0.1) is 0 Å². The standard InChI is InChI=1S/C8H18O.Hf/c1-2-3-4-5-6-7-8-9;/h9H,2-8H2,1H3;.